The lowest BCUT2D eigenvalue weighted by molar-refractivity contribution is 0.353. The minimum atomic E-state index is 0.440. The van der Waals surface area contributed by atoms with Crippen LogP contribution in [-0.4, -0.2) is 24.2 Å². The molecule has 5 nitrogen and oxygen atoms in total. The molecule has 0 radical (unpaired) electrons. The molecule has 0 atom stereocenters. The van der Waals surface area contributed by atoms with E-state index in [2.05, 4.69) is 38.9 Å². The van der Waals surface area contributed by atoms with E-state index in [-0.39, 0.29) is 0 Å². The van der Waals surface area contributed by atoms with Crippen LogP contribution in [0.2, 0.25) is 0 Å². The van der Waals surface area contributed by atoms with Crippen molar-refractivity contribution in [1.82, 2.24) is 9.97 Å². The quantitative estimate of drug-likeness (QED) is 0.611. The van der Waals surface area contributed by atoms with Crippen LogP contribution in [0.5, 0.6) is 11.5 Å². The number of fused-ring (bicyclic) bond motifs is 1. The van der Waals surface area contributed by atoms with Gasteiger partial charge in [0.2, 0.25) is 0 Å². The molecule has 0 bridgehead atoms. The molecule has 0 saturated carbocycles. The molecule has 0 aliphatic rings. The van der Waals surface area contributed by atoms with Crippen LogP contribution in [0.25, 0.3) is 22.7 Å². The Kier molecular flexibility index (Phi) is 5.01. The molecule has 132 valence electrons. The molecule has 6 heteroatoms. The molecule has 1 N–H and O–H groups in total. The second-order valence-electron chi connectivity index (χ2n) is 5.95. The van der Waals surface area contributed by atoms with Crippen LogP contribution in [0.15, 0.2) is 28.7 Å². The van der Waals surface area contributed by atoms with Gasteiger partial charge >= 0.3 is 0 Å². The topological polar surface area (TPSA) is 70.9 Å². The molecule has 3 aromatic rings. The fourth-order valence-electron chi connectivity index (χ4n) is 2.74. The van der Waals surface area contributed by atoms with Crippen molar-refractivity contribution in [3.8, 4) is 17.6 Å². The lowest BCUT2D eigenvalue weighted by Crippen LogP contribution is -1.93. The molecule has 0 aliphatic heterocycles. The first-order chi connectivity index (χ1) is 12.5. The molecule has 0 amide bonds. The molecule has 3 rings (SSSR count). The second-order valence-corrected chi connectivity index (χ2v) is 6.80. The van der Waals surface area contributed by atoms with Gasteiger partial charge in [0.25, 0.3) is 0 Å². The molecule has 1 aromatic heterocycles. The van der Waals surface area contributed by atoms with Crippen LogP contribution >= 0.6 is 15.9 Å². The first kappa shape index (κ1) is 18.0. The van der Waals surface area contributed by atoms with E-state index in [4.69, 9.17) is 9.47 Å². The number of halogens is 1. The van der Waals surface area contributed by atoms with Gasteiger partial charge in [-0.25, -0.2) is 4.98 Å². The number of imidazole rings is 1. The molecule has 0 aliphatic carbocycles. The Labute approximate surface area is 160 Å². The third kappa shape index (κ3) is 3.31. The van der Waals surface area contributed by atoms with Crippen LogP contribution < -0.4 is 9.47 Å². The van der Waals surface area contributed by atoms with Crippen molar-refractivity contribution < 1.29 is 9.47 Å². The van der Waals surface area contributed by atoms with E-state index in [1.165, 1.54) is 11.1 Å². The Morgan fingerprint density at radius 3 is 2.54 bits per heavy atom. The van der Waals surface area contributed by atoms with Crippen LogP contribution in [-0.2, 0) is 0 Å². The molecule has 2 aromatic carbocycles. The SMILES string of the molecule is COc1cc(/C=C(\C#N)c2nc3cc(C)c(C)cc3[nH]2)cc(Br)c1OC. The molecular weight excluding hydrogens is 394 g/mol. The molecule has 1 heterocycles. The number of nitrogens with zero attached hydrogens (tertiary/aromatic N) is 2. The van der Waals surface area contributed by atoms with Gasteiger partial charge in [-0.3, -0.25) is 0 Å². The number of hydrogen-bond acceptors (Lipinski definition) is 4. The fraction of sp³-hybridized carbons (Fsp3) is 0.200. The summed E-state index contributed by atoms with van der Waals surface area (Å²) in [5, 5.41) is 9.63. The predicted octanol–water partition coefficient (Wildman–Crippen LogP) is 5.02. The summed E-state index contributed by atoms with van der Waals surface area (Å²) in [5.41, 5.74) is 5.35. The number of aromatic amines is 1. The van der Waals surface area contributed by atoms with E-state index < -0.39 is 0 Å². The lowest BCUT2D eigenvalue weighted by atomic mass is 10.1. The summed E-state index contributed by atoms with van der Waals surface area (Å²) < 4.78 is 11.4. The Hall–Kier alpha value is -2.78. The van der Waals surface area contributed by atoms with Gasteiger partial charge in [-0.2, -0.15) is 5.26 Å². The second kappa shape index (κ2) is 7.22. The average molecular weight is 412 g/mol. The van der Waals surface area contributed by atoms with Crippen LogP contribution in [0.4, 0.5) is 0 Å². The molecule has 0 unspecified atom stereocenters. The highest BCUT2D eigenvalue weighted by Crippen LogP contribution is 2.37. The van der Waals surface area contributed by atoms with Crippen molar-refractivity contribution in [2.75, 3.05) is 14.2 Å². The number of aryl methyl sites for hydroxylation is 2. The summed E-state index contributed by atoms with van der Waals surface area (Å²) in [6, 6.07) is 9.98. The average Bonchev–Trinajstić information content (AvgIpc) is 3.01. The van der Waals surface area contributed by atoms with Gasteiger partial charge in [0.15, 0.2) is 11.5 Å². The monoisotopic (exact) mass is 411 g/mol. The minimum Gasteiger partial charge on any atom is -0.493 e. The number of rotatable bonds is 4. The number of ether oxygens (including phenoxy) is 2. The van der Waals surface area contributed by atoms with Gasteiger partial charge in [-0.05, 0) is 76.8 Å². The molecule has 26 heavy (non-hydrogen) atoms. The van der Waals surface area contributed by atoms with Crippen molar-refractivity contribution in [3.63, 3.8) is 0 Å². The normalized spacial score (nSPS) is 11.5. The maximum absolute atomic E-state index is 9.63. The van der Waals surface area contributed by atoms with Crippen LogP contribution in [0.1, 0.15) is 22.5 Å². The van der Waals surface area contributed by atoms with Crippen LogP contribution in [0, 0.1) is 25.2 Å². The zero-order valence-electron chi connectivity index (χ0n) is 15.0. The predicted molar refractivity (Wildman–Crippen MR) is 106 cm³/mol. The van der Waals surface area contributed by atoms with E-state index in [9.17, 15) is 5.26 Å². The van der Waals surface area contributed by atoms with E-state index >= 15 is 0 Å². The van der Waals surface area contributed by atoms with Crippen molar-refractivity contribution >= 4 is 38.6 Å². The summed E-state index contributed by atoms with van der Waals surface area (Å²) >= 11 is 3.47. The molecule has 0 saturated heterocycles. The highest BCUT2D eigenvalue weighted by atomic mass is 79.9. The van der Waals surface area contributed by atoms with Crippen molar-refractivity contribution in [2.45, 2.75) is 13.8 Å². The maximum Gasteiger partial charge on any atom is 0.174 e. The van der Waals surface area contributed by atoms with E-state index in [0.29, 0.717) is 22.9 Å². The highest BCUT2D eigenvalue weighted by molar-refractivity contribution is 9.10. The summed E-state index contributed by atoms with van der Waals surface area (Å²) in [6.45, 7) is 4.10. The van der Waals surface area contributed by atoms with E-state index in [1.807, 2.05) is 31.2 Å². The number of H-pyrrole nitrogens is 1. The van der Waals surface area contributed by atoms with Gasteiger partial charge in [0.05, 0.1) is 35.3 Å². The summed E-state index contributed by atoms with van der Waals surface area (Å²) in [4.78, 5) is 7.80. The first-order valence-electron chi connectivity index (χ1n) is 7.97. The third-order valence-corrected chi connectivity index (χ3v) is 4.83. The summed E-state index contributed by atoms with van der Waals surface area (Å²) in [5.74, 6) is 1.73. The van der Waals surface area contributed by atoms with Crippen molar-refractivity contribution in [1.29, 1.82) is 5.26 Å². The van der Waals surface area contributed by atoms with Gasteiger partial charge in [-0.15, -0.1) is 0 Å². The molecule has 0 fully saturated rings. The van der Waals surface area contributed by atoms with Crippen LogP contribution in [0.3, 0.4) is 0 Å². The maximum atomic E-state index is 9.63. The number of hydrogen-bond donors (Lipinski definition) is 1. The third-order valence-electron chi connectivity index (χ3n) is 4.24. The van der Waals surface area contributed by atoms with Gasteiger partial charge in [0, 0.05) is 0 Å². The van der Waals surface area contributed by atoms with E-state index in [0.717, 1.165) is 21.1 Å². The zero-order valence-corrected chi connectivity index (χ0v) is 16.6. The number of methoxy groups -OCH3 is 2. The summed E-state index contributed by atoms with van der Waals surface area (Å²) in [6.07, 6.45) is 1.77. The molecule has 0 spiro atoms. The van der Waals surface area contributed by atoms with Gasteiger partial charge in [0.1, 0.15) is 11.9 Å². The smallest absolute Gasteiger partial charge is 0.174 e. The Morgan fingerprint density at radius 1 is 1.15 bits per heavy atom. The zero-order chi connectivity index (χ0) is 18.8. The highest BCUT2D eigenvalue weighted by Gasteiger charge is 2.13. The number of aromatic nitrogens is 2. The number of benzene rings is 2. The number of nitriles is 1. The minimum absolute atomic E-state index is 0.440. The summed E-state index contributed by atoms with van der Waals surface area (Å²) in [7, 11) is 3.16. The lowest BCUT2D eigenvalue weighted by Gasteiger charge is -2.10. The number of nitrogens with one attached hydrogen (secondary N) is 1. The first-order valence-corrected chi connectivity index (χ1v) is 8.76. The Balaban J connectivity index is 2.09. The fourth-order valence-corrected chi connectivity index (χ4v) is 3.36. The van der Waals surface area contributed by atoms with Crippen molar-refractivity contribution in [2.24, 2.45) is 0 Å². The molecular formula is C20H18BrN3O2. The van der Waals surface area contributed by atoms with Gasteiger partial charge < -0.3 is 14.5 Å². The van der Waals surface area contributed by atoms with Crippen molar-refractivity contribution in [3.05, 3.63) is 51.3 Å². The van der Waals surface area contributed by atoms with Gasteiger partial charge in [-0.1, -0.05) is 0 Å². The number of allylic oxidation sites excluding steroid dienone is 1. The Bertz CT molecular complexity index is 1020. The largest absolute Gasteiger partial charge is 0.493 e. The van der Waals surface area contributed by atoms with E-state index in [1.54, 1.807) is 20.3 Å². The Morgan fingerprint density at radius 2 is 1.88 bits per heavy atom. The standard InChI is InChI=1S/C20H18BrN3O2/c1-11-5-16-17(6-12(11)2)24-20(23-16)14(10-22)7-13-8-15(21)19(26-4)18(9-13)25-3/h5-9H,1-4H3,(H,23,24)/b14-7+.